The molecule has 4 heteroatoms. The van der Waals surface area contributed by atoms with Crippen LogP contribution in [0.15, 0.2) is 48.5 Å². The van der Waals surface area contributed by atoms with E-state index in [1.54, 1.807) is 48.5 Å². The molecule has 0 heterocycles. The van der Waals surface area contributed by atoms with E-state index in [2.05, 4.69) is 0 Å². The number of ether oxygens (including phenoxy) is 2. The van der Waals surface area contributed by atoms with Crippen LogP contribution in [0.4, 0.5) is 0 Å². The topological polar surface area (TPSA) is 58.9 Å². The molecular weight excluding hydrogens is 256 g/mol. The highest BCUT2D eigenvalue weighted by atomic mass is 16.5. The van der Waals surface area contributed by atoms with Gasteiger partial charge in [-0.1, -0.05) is 14.9 Å². The first-order valence-corrected chi connectivity index (χ1v) is 5.58. The highest BCUT2D eigenvalue weighted by molar-refractivity contribution is 5.31. The maximum absolute atomic E-state index is 9.10. The van der Waals surface area contributed by atoms with Crippen molar-refractivity contribution >= 4 is 0 Å². The summed E-state index contributed by atoms with van der Waals surface area (Å²) < 4.78 is 10.8. The second kappa shape index (κ2) is 8.69. The van der Waals surface area contributed by atoms with Crippen LogP contribution >= 0.6 is 0 Å². The predicted octanol–water partition coefficient (Wildman–Crippen LogP) is 3.83. The molecule has 0 saturated heterocycles. The van der Waals surface area contributed by atoms with E-state index in [4.69, 9.17) is 19.7 Å². The van der Waals surface area contributed by atoms with Gasteiger partial charge in [0.05, 0.1) is 0 Å². The molecule has 110 valence electrons. The van der Waals surface area contributed by atoms with Gasteiger partial charge in [-0.25, -0.2) is 0 Å². The third kappa shape index (κ3) is 5.52. The van der Waals surface area contributed by atoms with Gasteiger partial charge in [0.15, 0.2) is 0 Å². The molecule has 0 atom stereocenters. The SMILES string of the molecule is C.C.Oc1ccc(OCCOc2ccc(O)cc2)cc1. The Morgan fingerprint density at radius 3 is 1.20 bits per heavy atom. The van der Waals surface area contributed by atoms with Gasteiger partial charge < -0.3 is 19.7 Å². The molecule has 0 unspecified atom stereocenters. The Bertz CT molecular complexity index is 429. The molecule has 20 heavy (non-hydrogen) atoms. The molecule has 0 fully saturated rings. The quantitative estimate of drug-likeness (QED) is 0.816. The van der Waals surface area contributed by atoms with Gasteiger partial charge in [0.2, 0.25) is 0 Å². The van der Waals surface area contributed by atoms with Crippen LogP contribution < -0.4 is 9.47 Å². The fourth-order valence-corrected chi connectivity index (χ4v) is 1.40. The van der Waals surface area contributed by atoms with Gasteiger partial charge in [-0.2, -0.15) is 0 Å². The van der Waals surface area contributed by atoms with Crippen LogP contribution in [0.1, 0.15) is 14.9 Å². The van der Waals surface area contributed by atoms with Gasteiger partial charge in [-0.05, 0) is 48.5 Å². The minimum Gasteiger partial charge on any atom is -0.508 e. The van der Waals surface area contributed by atoms with Gasteiger partial charge in [0, 0.05) is 0 Å². The summed E-state index contributed by atoms with van der Waals surface area (Å²) in [4.78, 5) is 0. The number of benzene rings is 2. The van der Waals surface area contributed by atoms with Crippen molar-refractivity contribution in [2.24, 2.45) is 0 Å². The minimum atomic E-state index is 0. The van der Waals surface area contributed by atoms with Gasteiger partial charge in [-0.3, -0.25) is 0 Å². The van der Waals surface area contributed by atoms with Crippen molar-refractivity contribution in [3.63, 3.8) is 0 Å². The second-order valence-electron chi connectivity index (χ2n) is 3.68. The van der Waals surface area contributed by atoms with Crippen molar-refractivity contribution in [1.29, 1.82) is 0 Å². The van der Waals surface area contributed by atoms with E-state index in [0.29, 0.717) is 24.7 Å². The fourth-order valence-electron chi connectivity index (χ4n) is 1.40. The zero-order chi connectivity index (χ0) is 12.8. The molecule has 0 saturated carbocycles. The Balaban J connectivity index is 0.00000180. The average molecular weight is 278 g/mol. The number of phenols is 2. The maximum Gasteiger partial charge on any atom is 0.122 e. The lowest BCUT2D eigenvalue weighted by molar-refractivity contribution is 0.217. The summed E-state index contributed by atoms with van der Waals surface area (Å²) >= 11 is 0. The molecule has 4 nitrogen and oxygen atoms in total. The van der Waals surface area contributed by atoms with Gasteiger partial charge in [0.1, 0.15) is 36.2 Å². The summed E-state index contributed by atoms with van der Waals surface area (Å²) in [6, 6.07) is 13.0. The third-order valence-electron chi connectivity index (χ3n) is 2.29. The zero-order valence-corrected chi connectivity index (χ0v) is 9.74. The summed E-state index contributed by atoms with van der Waals surface area (Å²) in [6.45, 7) is 0.817. The maximum atomic E-state index is 9.10. The van der Waals surface area contributed by atoms with Crippen LogP contribution in [-0.4, -0.2) is 23.4 Å². The van der Waals surface area contributed by atoms with E-state index in [1.165, 1.54) is 0 Å². The third-order valence-corrected chi connectivity index (χ3v) is 2.29. The van der Waals surface area contributed by atoms with E-state index in [0.717, 1.165) is 0 Å². The summed E-state index contributed by atoms with van der Waals surface area (Å²) in [5, 5.41) is 18.2. The van der Waals surface area contributed by atoms with E-state index < -0.39 is 0 Å². The zero-order valence-electron chi connectivity index (χ0n) is 9.74. The van der Waals surface area contributed by atoms with Gasteiger partial charge in [-0.15, -0.1) is 0 Å². The lowest BCUT2D eigenvalue weighted by Crippen LogP contribution is -2.08. The fraction of sp³-hybridized carbons (Fsp3) is 0.250. The number of phenolic OH excluding ortho intramolecular Hbond substituents is 2. The standard InChI is InChI=1S/C14H14O4.2CH4/c15-11-1-5-13(6-2-11)17-9-10-18-14-7-3-12(16)4-8-14;;/h1-8,15-16H,9-10H2;2*1H4. The van der Waals surface area contributed by atoms with E-state index in [1.807, 2.05) is 0 Å². The Labute approximate surface area is 120 Å². The van der Waals surface area contributed by atoms with Crippen LogP contribution in [0, 0.1) is 0 Å². The van der Waals surface area contributed by atoms with Crippen molar-refractivity contribution in [1.82, 2.24) is 0 Å². The summed E-state index contributed by atoms with van der Waals surface area (Å²) in [6.07, 6.45) is 0. The van der Waals surface area contributed by atoms with Crippen molar-refractivity contribution in [2.45, 2.75) is 14.9 Å². The summed E-state index contributed by atoms with van der Waals surface area (Å²) in [7, 11) is 0. The molecule has 0 aliphatic rings. The normalized spacial score (nSPS) is 9.00. The van der Waals surface area contributed by atoms with Gasteiger partial charge in [0.25, 0.3) is 0 Å². The number of rotatable bonds is 5. The van der Waals surface area contributed by atoms with Crippen molar-refractivity contribution in [2.75, 3.05) is 13.2 Å². The minimum absolute atomic E-state index is 0. The van der Waals surface area contributed by atoms with Crippen LogP contribution in [0.25, 0.3) is 0 Å². The van der Waals surface area contributed by atoms with Crippen LogP contribution in [0.3, 0.4) is 0 Å². The van der Waals surface area contributed by atoms with Crippen molar-refractivity contribution < 1.29 is 19.7 Å². The van der Waals surface area contributed by atoms with Crippen LogP contribution in [0.5, 0.6) is 23.0 Å². The van der Waals surface area contributed by atoms with Crippen LogP contribution in [-0.2, 0) is 0 Å². The van der Waals surface area contributed by atoms with Crippen LogP contribution in [0.2, 0.25) is 0 Å². The molecule has 0 aliphatic carbocycles. The average Bonchev–Trinajstić information content (AvgIpc) is 2.39. The largest absolute Gasteiger partial charge is 0.508 e. The predicted molar refractivity (Wildman–Crippen MR) is 80.7 cm³/mol. The second-order valence-corrected chi connectivity index (χ2v) is 3.68. The van der Waals surface area contributed by atoms with Crippen molar-refractivity contribution in [3.8, 4) is 23.0 Å². The lowest BCUT2D eigenvalue weighted by Gasteiger charge is -2.08. The lowest BCUT2D eigenvalue weighted by atomic mass is 10.3. The molecule has 2 aromatic rings. The summed E-state index contributed by atoms with van der Waals surface area (Å²) in [5.74, 6) is 1.79. The highest BCUT2D eigenvalue weighted by Gasteiger charge is 1.96. The van der Waals surface area contributed by atoms with E-state index >= 15 is 0 Å². The first-order chi connectivity index (χ1) is 8.74. The number of hydrogen-bond acceptors (Lipinski definition) is 4. The molecule has 2 aromatic carbocycles. The Hall–Kier alpha value is -2.36. The Morgan fingerprint density at radius 1 is 0.600 bits per heavy atom. The molecule has 0 aliphatic heterocycles. The highest BCUT2D eigenvalue weighted by Crippen LogP contribution is 2.17. The number of aromatic hydroxyl groups is 2. The number of hydrogen-bond donors (Lipinski definition) is 2. The molecule has 0 radical (unpaired) electrons. The molecule has 0 aromatic heterocycles. The molecule has 0 spiro atoms. The molecule has 2 N–H and O–H groups in total. The first-order valence-electron chi connectivity index (χ1n) is 5.58. The molecule has 2 rings (SSSR count). The Kier molecular flexibility index (Phi) is 7.67. The molecule has 0 bridgehead atoms. The summed E-state index contributed by atoms with van der Waals surface area (Å²) in [5.41, 5.74) is 0. The monoisotopic (exact) mass is 278 g/mol. The Morgan fingerprint density at radius 2 is 0.900 bits per heavy atom. The molecule has 0 amide bonds. The van der Waals surface area contributed by atoms with Crippen molar-refractivity contribution in [3.05, 3.63) is 48.5 Å². The van der Waals surface area contributed by atoms with Gasteiger partial charge >= 0.3 is 0 Å². The first kappa shape index (κ1) is 17.6. The van der Waals surface area contributed by atoms with E-state index in [9.17, 15) is 0 Å². The van der Waals surface area contributed by atoms with E-state index in [-0.39, 0.29) is 26.4 Å². The molecular formula is C16H22O4. The smallest absolute Gasteiger partial charge is 0.122 e.